The molecule has 0 N–H and O–H groups in total. The van der Waals surface area contributed by atoms with Gasteiger partial charge in [-0.05, 0) is 41.8 Å². The van der Waals surface area contributed by atoms with Crippen LogP contribution in [0.1, 0.15) is 11.1 Å². The van der Waals surface area contributed by atoms with Crippen LogP contribution in [-0.4, -0.2) is 0 Å². The number of rotatable bonds is 0. The second kappa shape index (κ2) is 2.75. The molecule has 2 heteroatoms. The smallest absolute Gasteiger partial charge is 0.0586 e. The van der Waals surface area contributed by atoms with E-state index >= 15 is 0 Å². The average molecular weight is 197 g/mol. The van der Waals surface area contributed by atoms with Crippen LogP contribution < -0.4 is 0 Å². The second-order valence-corrected chi connectivity index (χ2v) is 4.33. The normalized spacial score (nSPS) is 10.9. The minimum atomic E-state index is 0.878. The Kier molecular flexibility index (Phi) is 1.85. The van der Waals surface area contributed by atoms with Crippen molar-refractivity contribution in [3.63, 3.8) is 0 Å². The number of fused-ring (bicyclic) bond motifs is 1. The van der Waals surface area contributed by atoms with E-state index in [0.717, 1.165) is 5.02 Å². The predicted molar refractivity (Wildman–Crippen MR) is 56.3 cm³/mol. The van der Waals surface area contributed by atoms with Gasteiger partial charge in [-0.2, -0.15) is 0 Å². The molecular formula is C10H9ClS. The van der Waals surface area contributed by atoms with Crippen molar-refractivity contribution in [2.24, 2.45) is 0 Å². The maximum absolute atomic E-state index is 6.09. The van der Waals surface area contributed by atoms with Gasteiger partial charge < -0.3 is 0 Å². The Morgan fingerprint density at radius 1 is 1.25 bits per heavy atom. The van der Waals surface area contributed by atoms with E-state index in [-0.39, 0.29) is 0 Å². The fourth-order valence-electron chi connectivity index (χ4n) is 1.35. The maximum atomic E-state index is 6.09. The molecule has 0 saturated carbocycles. The number of aryl methyl sites for hydroxylation is 2. The van der Waals surface area contributed by atoms with Crippen LogP contribution in [0.2, 0.25) is 5.02 Å². The molecule has 1 aromatic heterocycles. The second-order valence-electron chi connectivity index (χ2n) is 3.04. The van der Waals surface area contributed by atoms with E-state index in [2.05, 4.69) is 25.3 Å². The van der Waals surface area contributed by atoms with E-state index in [9.17, 15) is 0 Å². The molecule has 0 aliphatic heterocycles. The van der Waals surface area contributed by atoms with Gasteiger partial charge in [0.05, 0.1) is 9.72 Å². The Morgan fingerprint density at radius 2 is 2.00 bits per heavy atom. The largest absolute Gasteiger partial charge is 0.142 e. The molecule has 12 heavy (non-hydrogen) atoms. The SMILES string of the molecule is Cc1cc(Cl)c2scc(C)c2c1. The lowest BCUT2D eigenvalue weighted by Gasteiger charge is -1.97. The van der Waals surface area contributed by atoms with Crippen molar-refractivity contribution in [3.8, 4) is 0 Å². The van der Waals surface area contributed by atoms with Gasteiger partial charge in [-0.15, -0.1) is 11.3 Å². The molecule has 0 aliphatic carbocycles. The molecule has 1 aromatic carbocycles. The molecule has 0 amide bonds. The third kappa shape index (κ3) is 1.13. The van der Waals surface area contributed by atoms with E-state index in [0.29, 0.717) is 0 Å². The molecule has 0 bridgehead atoms. The third-order valence-electron chi connectivity index (χ3n) is 1.97. The summed E-state index contributed by atoms with van der Waals surface area (Å²) >= 11 is 7.80. The highest BCUT2D eigenvalue weighted by molar-refractivity contribution is 7.18. The van der Waals surface area contributed by atoms with Gasteiger partial charge in [0.2, 0.25) is 0 Å². The van der Waals surface area contributed by atoms with Crippen LogP contribution in [0.5, 0.6) is 0 Å². The van der Waals surface area contributed by atoms with Crippen LogP contribution in [0.25, 0.3) is 10.1 Å². The quantitative estimate of drug-likeness (QED) is 0.593. The van der Waals surface area contributed by atoms with Gasteiger partial charge >= 0.3 is 0 Å². The first-order valence-electron chi connectivity index (χ1n) is 3.82. The molecule has 2 aromatic rings. The van der Waals surface area contributed by atoms with Crippen LogP contribution in [0, 0.1) is 13.8 Å². The van der Waals surface area contributed by atoms with Gasteiger partial charge in [0.25, 0.3) is 0 Å². The molecule has 2 rings (SSSR count). The molecule has 0 aliphatic rings. The Balaban J connectivity index is 2.92. The molecule has 0 saturated heterocycles. The highest BCUT2D eigenvalue weighted by Gasteiger charge is 2.04. The fourth-order valence-corrected chi connectivity index (χ4v) is 2.70. The summed E-state index contributed by atoms with van der Waals surface area (Å²) in [6.45, 7) is 4.19. The van der Waals surface area contributed by atoms with Crippen molar-refractivity contribution < 1.29 is 0 Å². The summed E-state index contributed by atoms with van der Waals surface area (Å²) in [6.07, 6.45) is 0. The Bertz CT molecular complexity index is 429. The predicted octanol–water partition coefficient (Wildman–Crippen LogP) is 4.17. The molecule has 0 nitrogen and oxygen atoms in total. The summed E-state index contributed by atoms with van der Waals surface area (Å²) in [5.74, 6) is 0. The maximum Gasteiger partial charge on any atom is 0.0586 e. The molecule has 0 atom stereocenters. The van der Waals surface area contributed by atoms with E-state index < -0.39 is 0 Å². The standard InChI is InChI=1S/C10H9ClS/c1-6-3-8-7(2)5-12-10(8)9(11)4-6/h3-5H,1-2H3. The van der Waals surface area contributed by atoms with Gasteiger partial charge in [0, 0.05) is 0 Å². The van der Waals surface area contributed by atoms with Crippen molar-refractivity contribution in [1.29, 1.82) is 0 Å². The molecule has 0 spiro atoms. The van der Waals surface area contributed by atoms with Gasteiger partial charge in [-0.25, -0.2) is 0 Å². The number of thiophene rings is 1. The molecule has 1 heterocycles. The van der Waals surface area contributed by atoms with Crippen LogP contribution in [0.15, 0.2) is 17.5 Å². The van der Waals surface area contributed by atoms with Gasteiger partial charge in [-0.3, -0.25) is 0 Å². The fraction of sp³-hybridized carbons (Fsp3) is 0.200. The van der Waals surface area contributed by atoms with Crippen molar-refractivity contribution >= 4 is 33.0 Å². The zero-order valence-electron chi connectivity index (χ0n) is 7.02. The summed E-state index contributed by atoms with van der Waals surface area (Å²) in [4.78, 5) is 0. The summed E-state index contributed by atoms with van der Waals surface area (Å²) < 4.78 is 1.21. The zero-order chi connectivity index (χ0) is 8.72. The number of benzene rings is 1. The minimum Gasteiger partial charge on any atom is -0.142 e. The summed E-state index contributed by atoms with van der Waals surface area (Å²) in [6, 6.07) is 4.20. The van der Waals surface area contributed by atoms with Crippen molar-refractivity contribution in [1.82, 2.24) is 0 Å². The summed E-state index contributed by atoms with van der Waals surface area (Å²) in [5, 5.41) is 4.32. The Morgan fingerprint density at radius 3 is 2.75 bits per heavy atom. The van der Waals surface area contributed by atoms with Gasteiger partial charge in [-0.1, -0.05) is 17.7 Å². The number of halogens is 1. The zero-order valence-corrected chi connectivity index (χ0v) is 8.59. The summed E-state index contributed by atoms with van der Waals surface area (Å²) in [5.41, 5.74) is 2.55. The third-order valence-corrected chi connectivity index (χ3v) is 3.52. The lowest BCUT2D eigenvalue weighted by Crippen LogP contribution is -1.73. The highest BCUT2D eigenvalue weighted by atomic mass is 35.5. The van der Waals surface area contributed by atoms with Crippen molar-refractivity contribution in [3.05, 3.63) is 33.7 Å². The number of hydrogen-bond acceptors (Lipinski definition) is 1. The first-order valence-corrected chi connectivity index (χ1v) is 5.08. The van der Waals surface area contributed by atoms with Crippen LogP contribution in [-0.2, 0) is 0 Å². The number of hydrogen-bond donors (Lipinski definition) is 0. The Hall–Kier alpha value is -0.530. The van der Waals surface area contributed by atoms with E-state index in [1.54, 1.807) is 11.3 Å². The van der Waals surface area contributed by atoms with Gasteiger partial charge in [0.1, 0.15) is 0 Å². The average Bonchev–Trinajstić information content (AvgIpc) is 2.33. The van der Waals surface area contributed by atoms with Crippen molar-refractivity contribution in [2.75, 3.05) is 0 Å². The summed E-state index contributed by atoms with van der Waals surface area (Å²) in [7, 11) is 0. The minimum absolute atomic E-state index is 0.878. The lowest BCUT2D eigenvalue weighted by atomic mass is 10.1. The first-order chi connectivity index (χ1) is 5.68. The monoisotopic (exact) mass is 196 g/mol. The topological polar surface area (TPSA) is 0 Å². The van der Waals surface area contributed by atoms with Crippen LogP contribution in [0.3, 0.4) is 0 Å². The Labute approximate surface area is 80.8 Å². The lowest BCUT2D eigenvalue weighted by molar-refractivity contribution is 1.50. The molecule has 0 fully saturated rings. The van der Waals surface area contributed by atoms with E-state index in [1.165, 1.54) is 21.2 Å². The highest BCUT2D eigenvalue weighted by Crippen LogP contribution is 2.32. The van der Waals surface area contributed by atoms with Crippen molar-refractivity contribution in [2.45, 2.75) is 13.8 Å². The van der Waals surface area contributed by atoms with Crippen LogP contribution in [0.4, 0.5) is 0 Å². The molecular weight excluding hydrogens is 188 g/mol. The molecule has 0 unspecified atom stereocenters. The molecule has 62 valence electrons. The van der Waals surface area contributed by atoms with E-state index in [1.807, 2.05) is 6.07 Å². The first kappa shape index (κ1) is 8.09. The molecule has 0 radical (unpaired) electrons. The van der Waals surface area contributed by atoms with Crippen LogP contribution >= 0.6 is 22.9 Å². The van der Waals surface area contributed by atoms with E-state index in [4.69, 9.17) is 11.6 Å². The van der Waals surface area contributed by atoms with Gasteiger partial charge in [0.15, 0.2) is 0 Å².